The fraction of sp³-hybridized carbons (Fsp3) is 0.286. The van der Waals surface area contributed by atoms with E-state index in [1.165, 1.54) is 12.1 Å². The number of nitrogens with zero attached hydrogens (tertiary/aromatic N) is 1. The van der Waals surface area contributed by atoms with Crippen LogP contribution in [0.25, 0.3) is 0 Å². The number of sulfonamides is 1. The Kier molecular flexibility index (Phi) is 9.82. The summed E-state index contributed by atoms with van der Waals surface area (Å²) in [5.74, 6) is 0.218. The van der Waals surface area contributed by atoms with Crippen LogP contribution in [0.2, 0.25) is 0 Å². The van der Waals surface area contributed by atoms with Gasteiger partial charge >= 0.3 is 0 Å². The topological polar surface area (TPSA) is 105 Å². The first-order chi connectivity index (χ1) is 17.8. The van der Waals surface area contributed by atoms with Crippen LogP contribution in [0.5, 0.6) is 5.75 Å². The third-order valence-electron chi connectivity index (χ3n) is 5.95. The molecular weight excluding hydrogens is 490 g/mol. The second-order valence-corrected chi connectivity index (χ2v) is 10.2. The van der Waals surface area contributed by atoms with Crippen molar-refractivity contribution in [2.45, 2.75) is 37.2 Å². The predicted molar refractivity (Wildman–Crippen MR) is 142 cm³/mol. The Morgan fingerprint density at radius 1 is 0.919 bits per heavy atom. The molecule has 3 aromatic carbocycles. The van der Waals surface area contributed by atoms with E-state index in [0.29, 0.717) is 24.3 Å². The van der Waals surface area contributed by atoms with E-state index in [2.05, 4.69) is 10.0 Å². The smallest absolute Gasteiger partial charge is 0.247 e. The van der Waals surface area contributed by atoms with E-state index in [4.69, 9.17) is 4.74 Å². The Bertz CT molecular complexity index is 1280. The summed E-state index contributed by atoms with van der Waals surface area (Å²) in [6.07, 6.45) is 0.546. The summed E-state index contributed by atoms with van der Waals surface area (Å²) in [4.78, 5) is 28.4. The van der Waals surface area contributed by atoms with E-state index in [1.54, 1.807) is 38.1 Å². The van der Waals surface area contributed by atoms with E-state index >= 15 is 0 Å². The van der Waals surface area contributed by atoms with Crippen molar-refractivity contribution in [1.82, 2.24) is 14.9 Å². The average Bonchev–Trinajstić information content (AvgIpc) is 2.92. The Morgan fingerprint density at radius 3 is 2.11 bits per heavy atom. The molecule has 1 atom stereocenters. The Morgan fingerprint density at radius 2 is 1.54 bits per heavy atom. The van der Waals surface area contributed by atoms with E-state index in [9.17, 15) is 18.0 Å². The molecule has 0 aliphatic carbocycles. The summed E-state index contributed by atoms with van der Waals surface area (Å²) >= 11 is 0. The second-order valence-electron chi connectivity index (χ2n) is 8.44. The van der Waals surface area contributed by atoms with E-state index in [0.717, 1.165) is 11.1 Å². The van der Waals surface area contributed by atoms with Gasteiger partial charge in [0.25, 0.3) is 0 Å². The molecule has 37 heavy (non-hydrogen) atoms. The molecule has 9 heteroatoms. The molecule has 0 spiro atoms. The van der Waals surface area contributed by atoms with Crippen LogP contribution in [-0.2, 0) is 32.6 Å². The molecule has 196 valence electrons. The first-order valence-electron chi connectivity index (χ1n) is 12.1. The average molecular weight is 524 g/mol. The van der Waals surface area contributed by atoms with Gasteiger partial charge in [-0.15, -0.1) is 0 Å². The Hall–Kier alpha value is -3.69. The molecule has 3 rings (SSSR count). The zero-order valence-corrected chi connectivity index (χ0v) is 22.1. The summed E-state index contributed by atoms with van der Waals surface area (Å²) in [6, 6.07) is 22.2. The van der Waals surface area contributed by atoms with Crippen LogP contribution in [-0.4, -0.2) is 45.8 Å². The van der Waals surface area contributed by atoms with Crippen molar-refractivity contribution in [3.63, 3.8) is 0 Å². The second kappa shape index (κ2) is 13.0. The molecule has 8 nitrogen and oxygen atoms in total. The Balaban J connectivity index is 1.85. The van der Waals surface area contributed by atoms with Crippen LogP contribution >= 0.6 is 0 Å². The van der Waals surface area contributed by atoms with Gasteiger partial charge in [-0.1, -0.05) is 61.5 Å². The zero-order valence-electron chi connectivity index (χ0n) is 21.3. The number of rotatable bonds is 12. The zero-order chi connectivity index (χ0) is 26.8. The van der Waals surface area contributed by atoms with Crippen LogP contribution < -0.4 is 14.8 Å². The first kappa shape index (κ1) is 27.9. The normalized spacial score (nSPS) is 12.0. The molecule has 0 bridgehead atoms. The largest absolute Gasteiger partial charge is 0.497 e. The lowest BCUT2D eigenvalue weighted by atomic mass is 10.0. The number of carbonyl (C=O) groups excluding carboxylic acids is 2. The van der Waals surface area contributed by atoms with Crippen LogP contribution in [0.3, 0.4) is 0 Å². The van der Waals surface area contributed by atoms with Gasteiger partial charge in [-0.25, -0.2) is 13.1 Å². The number of ether oxygens (including phenoxy) is 1. The predicted octanol–water partition coefficient (Wildman–Crippen LogP) is 3.44. The third kappa shape index (κ3) is 7.41. The summed E-state index contributed by atoms with van der Waals surface area (Å²) in [5, 5.41) is 2.69. The van der Waals surface area contributed by atoms with Crippen LogP contribution in [0.4, 0.5) is 0 Å². The first-order valence-corrected chi connectivity index (χ1v) is 13.5. The number of hydrogen-bond donors (Lipinski definition) is 2. The standard InChI is InChI=1S/C28H33N3O5S/c1-4-30-37(34,35)25-17-12-21(13-18-25)14-19-26(32)31(20-22-10-15-24(36-3)16-11-22)27(28(33)29-2)23-8-6-5-7-9-23/h5-13,15-18,27,30H,4,14,19-20H2,1-3H3,(H,29,33). The van der Waals surface area contributed by atoms with Gasteiger partial charge in [0.05, 0.1) is 12.0 Å². The molecule has 0 fully saturated rings. The van der Waals surface area contributed by atoms with Crippen molar-refractivity contribution in [3.05, 3.63) is 95.6 Å². The highest BCUT2D eigenvalue weighted by Gasteiger charge is 2.30. The number of benzene rings is 3. The highest BCUT2D eigenvalue weighted by molar-refractivity contribution is 7.89. The number of methoxy groups -OCH3 is 1. The minimum absolute atomic E-state index is 0.149. The molecule has 0 saturated heterocycles. The Labute approximate surface area is 218 Å². The molecule has 0 radical (unpaired) electrons. The maximum absolute atomic E-state index is 13.6. The lowest BCUT2D eigenvalue weighted by molar-refractivity contribution is -0.141. The highest BCUT2D eigenvalue weighted by Crippen LogP contribution is 2.26. The number of amides is 2. The summed E-state index contributed by atoms with van der Waals surface area (Å²) < 4.78 is 32.1. The molecule has 2 N–H and O–H groups in total. The summed E-state index contributed by atoms with van der Waals surface area (Å²) in [5.41, 5.74) is 2.39. The van der Waals surface area contributed by atoms with Gasteiger partial charge in [-0.05, 0) is 47.4 Å². The van der Waals surface area contributed by atoms with E-state index < -0.39 is 16.1 Å². The van der Waals surface area contributed by atoms with Crippen molar-refractivity contribution < 1.29 is 22.7 Å². The van der Waals surface area contributed by atoms with Crippen molar-refractivity contribution in [1.29, 1.82) is 0 Å². The molecule has 1 unspecified atom stereocenters. The van der Waals surface area contributed by atoms with Gasteiger partial charge in [0, 0.05) is 26.6 Å². The minimum atomic E-state index is -3.54. The van der Waals surface area contributed by atoms with E-state index in [1.807, 2.05) is 54.6 Å². The SMILES string of the molecule is CCNS(=O)(=O)c1ccc(CCC(=O)N(Cc2ccc(OC)cc2)C(C(=O)NC)c2ccccc2)cc1. The quantitative estimate of drug-likeness (QED) is 0.378. The highest BCUT2D eigenvalue weighted by atomic mass is 32.2. The number of carbonyl (C=O) groups is 2. The summed E-state index contributed by atoms with van der Waals surface area (Å²) in [7, 11) is -0.404. The lowest BCUT2D eigenvalue weighted by Crippen LogP contribution is -2.42. The molecular formula is C28H33N3O5S. The van der Waals surface area contributed by atoms with Gasteiger partial charge in [0.2, 0.25) is 21.8 Å². The molecule has 0 saturated carbocycles. The van der Waals surface area contributed by atoms with Gasteiger partial charge in [0.15, 0.2) is 0 Å². The third-order valence-corrected chi connectivity index (χ3v) is 7.51. The fourth-order valence-electron chi connectivity index (χ4n) is 4.00. The van der Waals surface area contributed by atoms with Crippen LogP contribution in [0.15, 0.2) is 83.8 Å². The minimum Gasteiger partial charge on any atom is -0.497 e. The van der Waals surface area contributed by atoms with Crippen LogP contribution in [0, 0.1) is 0 Å². The molecule has 3 aromatic rings. The van der Waals surface area contributed by atoms with Crippen molar-refractivity contribution in [3.8, 4) is 5.75 Å². The van der Waals surface area contributed by atoms with Gasteiger partial charge in [0.1, 0.15) is 11.8 Å². The number of nitrogens with one attached hydrogen (secondary N) is 2. The van der Waals surface area contributed by atoms with Gasteiger partial charge < -0.3 is 15.0 Å². The molecule has 0 aliphatic heterocycles. The van der Waals surface area contributed by atoms with Gasteiger partial charge in [-0.3, -0.25) is 9.59 Å². The maximum Gasteiger partial charge on any atom is 0.247 e. The molecule has 0 heterocycles. The molecule has 0 aliphatic rings. The number of likely N-dealkylation sites (N-methyl/N-ethyl adjacent to an activating group) is 1. The summed E-state index contributed by atoms with van der Waals surface area (Å²) in [6.45, 7) is 2.25. The van der Waals surface area contributed by atoms with Crippen molar-refractivity contribution in [2.24, 2.45) is 0 Å². The van der Waals surface area contributed by atoms with Crippen molar-refractivity contribution in [2.75, 3.05) is 20.7 Å². The van der Waals surface area contributed by atoms with E-state index in [-0.39, 0.29) is 29.7 Å². The monoisotopic (exact) mass is 523 g/mol. The number of aryl methyl sites for hydroxylation is 1. The number of hydrogen-bond acceptors (Lipinski definition) is 5. The van der Waals surface area contributed by atoms with Crippen molar-refractivity contribution >= 4 is 21.8 Å². The van der Waals surface area contributed by atoms with Gasteiger partial charge in [-0.2, -0.15) is 0 Å². The molecule has 0 aromatic heterocycles. The fourth-order valence-corrected chi connectivity index (χ4v) is 5.04. The van der Waals surface area contributed by atoms with Crippen LogP contribution in [0.1, 0.15) is 36.1 Å². The maximum atomic E-state index is 13.6. The lowest BCUT2D eigenvalue weighted by Gasteiger charge is -2.31. The molecule has 2 amide bonds.